The van der Waals surface area contributed by atoms with Crippen molar-refractivity contribution < 1.29 is 9.50 Å². The number of aliphatic hydroxyl groups is 1. The third-order valence-corrected chi connectivity index (χ3v) is 2.87. The van der Waals surface area contributed by atoms with Crippen molar-refractivity contribution in [1.29, 1.82) is 0 Å². The molecule has 1 heterocycles. The molecular formula is C14H15FN2O. The first-order chi connectivity index (χ1) is 8.56. The van der Waals surface area contributed by atoms with Crippen LogP contribution in [0.3, 0.4) is 0 Å². The molecule has 2 rings (SSSR count). The molecule has 0 spiro atoms. The summed E-state index contributed by atoms with van der Waals surface area (Å²) in [6.45, 7) is 1.78. The van der Waals surface area contributed by atoms with Crippen molar-refractivity contribution in [2.45, 2.75) is 19.4 Å². The average molecular weight is 246 g/mol. The molecule has 18 heavy (non-hydrogen) atoms. The summed E-state index contributed by atoms with van der Waals surface area (Å²) in [6.07, 6.45) is 1.36. The van der Waals surface area contributed by atoms with E-state index < -0.39 is 6.10 Å². The predicted molar refractivity (Wildman–Crippen MR) is 68.5 cm³/mol. The number of aromatic nitrogens is 1. The Morgan fingerprint density at radius 2 is 2.11 bits per heavy atom. The van der Waals surface area contributed by atoms with E-state index in [2.05, 4.69) is 4.98 Å². The van der Waals surface area contributed by atoms with Crippen LogP contribution in [-0.4, -0.2) is 10.1 Å². The minimum absolute atomic E-state index is 0.295. The van der Waals surface area contributed by atoms with Crippen LogP contribution in [-0.2, 0) is 6.42 Å². The molecule has 1 aromatic heterocycles. The molecule has 0 fully saturated rings. The summed E-state index contributed by atoms with van der Waals surface area (Å²) in [7, 11) is 0. The van der Waals surface area contributed by atoms with Gasteiger partial charge in [-0.25, -0.2) is 9.37 Å². The van der Waals surface area contributed by atoms with E-state index >= 15 is 0 Å². The zero-order chi connectivity index (χ0) is 13.1. The Morgan fingerprint density at radius 1 is 1.33 bits per heavy atom. The van der Waals surface area contributed by atoms with Gasteiger partial charge in [0.2, 0.25) is 0 Å². The summed E-state index contributed by atoms with van der Waals surface area (Å²) in [4.78, 5) is 3.90. The van der Waals surface area contributed by atoms with Gasteiger partial charge >= 0.3 is 0 Å². The molecule has 0 amide bonds. The van der Waals surface area contributed by atoms with E-state index in [0.717, 1.165) is 16.7 Å². The Labute approximate surface area is 105 Å². The van der Waals surface area contributed by atoms with E-state index in [1.54, 1.807) is 31.3 Å². The molecule has 0 bridgehead atoms. The highest BCUT2D eigenvalue weighted by Gasteiger charge is 2.12. The van der Waals surface area contributed by atoms with E-state index in [4.69, 9.17) is 5.73 Å². The van der Waals surface area contributed by atoms with Crippen LogP contribution in [0.4, 0.5) is 10.2 Å². The van der Waals surface area contributed by atoms with E-state index in [9.17, 15) is 9.50 Å². The molecule has 0 radical (unpaired) electrons. The third kappa shape index (κ3) is 2.84. The summed E-state index contributed by atoms with van der Waals surface area (Å²) < 4.78 is 13.0. The van der Waals surface area contributed by atoms with Crippen molar-refractivity contribution in [3.05, 3.63) is 59.0 Å². The number of aryl methyl sites for hydroxylation is 1. The van der Waals surface area contributed by atoms with Crippen LogP contribution < -0.4 is 5.73 Å². The number of aliphatic hydroxyl groups excluding tert-OH is 1. The second-order valence-electron chi connectivity index (χ2n) is 4.31. The van der Waals surface area contributed by atoms with Crippen LogP contribution in [0.1, 0.15) is 22.8 Å². The molecule has 0 aliphatic carbocycles. The van der Waals surface area contributed by atoms with Crippen molar-refractivity contribution in [2.24, 2.45) is 0 Å². The highest BCUT2D eigenvalue weighted by Crippen LogP contribution is 2.22. The predicted octanol–water partition coefficient (Wildman–Crippen LogP) is 2.39. The fraction of sp³-hybridized carbons (Fsp3) is 0.214. The minimum atomic E-state index is -0.674. The zero-order valence-electron chi connectivity index (χ0n) is 10.1. The molecule has 1 unspecified atom stereocenters. The molecule has 3 nitrogen and oxygen atoms in total. The lowest BCUT2D eigenvalue weighted by atomic mass is 9.98. The maximum atomic E-state index is 13.0. The Hall–Kier alpha value is -1.94. The summed E-state index contributed by atoms with van der Waals surface area (Å²) in [6, 6.07) is 7.91. The summed E-state index contributed by atoms with van der Waals surface area (Å²) >= 11 is 0. The smallest absolute Gasteiger partial charge is 0.123 e. The number of pyridine rings is 1. The normalized spacial score (nSPS) is 12.4. The Kier molecular flexibility index (Phi) is 3.58. The Morgan fingerprint density at radius 3 is 2.78 bits per heavy atom. The number of nitrogens with zero attached hydrogens (tertiary/aromatic N) is 1. The fourth-order valence-electron chi connectivity index (χ4n) is 1.97. The molecule has 4 heteroatoms. The summed E-state index contributed by atoms with van der Waals surface area (Å²) in [5, 5.41) is 10.2. The second-order valence-corrected chi connectivity index (χ2v) is 4.31. The van der Waals surface area contributed by atoms with Crippen molar-refractivity contribution in [2.75, 3.05) is 5.73 Å². The first-order valence-corrected chi connectivity index (χ1v) is 5.71. The van der Waals surface area contributed by atoms with Gasteiger partial charge in [-0.2, -0.15) is 0 Å². The van der Waals surface area contributed by atoms with Gasteiger partial charge < -0.3 is 10.8 Å². The molecule has 2 aromatic rings. The molecule has 3 N–H and O–H groups in total. The van der Waals surface area contributed by atoms with E-state index in [1.165, 1.54) is 12.1 Å². The number of hydrogen-bond acceptors (Lipinski definition) is 3. The first kappa shape index (κ1) is 12.5. The van der Waals surface area contributed by atoms with Gasteiger partial charge in [0.05, 0.1) is 6.10 Å². The van der Waals surface area contributed by atoms with Gasteiger partial charge in [0, 0.05) is 12.6 Å². The molecule has 1 atom stereocenters. The molecule has 0 aliphatic rings. The van der Waals surface area contributed by atoms with Crippen LogP contribution in [0.5, 0.6) is 0 Å². The minimum Gasteiger partial charge on any atom is -0.388 e. The van der Waals surface area contributed by atoms with Crippen molar-refractivity contribution in [3.63, 3.8) is 0 Å². The first-order valence-electron chi connectivity index (χ1n) is 5.71. The number of nitrogen functional groups attached to an aromatic ring is 1. The Balaban J connectivity index is 2.19. The van der Waals surface area contributed by atoms with Crippen molar-refractivity contribution in [3.8, 4) is 0 Å². The maximum Gasteiger partial charge on any atom is 0.123 e. The number of nitrogens with two attached hydrogens (primary N) is 1. The van der Waals surface area contributed by atoms with Crippen LogP contribution in [0.2, 0.25) is 0 Å². The highest BCUT2D eigenvalue weighted by atomic mass is 19.1. The number of rotatable bonds is 3. The van der Waals surface area contributed by atoms with Gasteiger partial charge in [0.15, 0.2) is 0 Å². The van der Waals surface area contributed by atoms with E-state index in [0.29, 0.717) is 12.2 Å². The topological polar surface area (TPSA) is 59.1 Å². The van der Waals surface area contributed by atoms with Gasteiger partial charge in [-0.3, -0.25) is 0 Å². The summed E-state index contributed by atoms with van der Waals surface area (Å²) in [5.41, 5.74) is 7.95. The SMILES string of the molecule is Cc1cc(F)ccc1C(O)Cc1ccnc(N)c1. The second kappa shape index (κ2) is 5.14. The van der Waals surface area contributed by atoms with E-state index in [1.807, 2.05) is 0 Å². The van der Waals surface area contributed by atoms with Crippen LogP contribution in [0.25, 0.3) is 0 Å². The monoisotopic (exact) mass is 246 g/mol. The van der Waals surface area contributed by atoms with Crippen LogP contribution >= 0.6 is 0 Å². The molecule has 0 saturated carbocycles. The van der Waals surface area contributed by atoms with Gasteiger partial charge in [-0.1, -0.05) is 6.07 Å². The number of anilines is 1. The lowest BCUT2D eigenvalue weighted by molar-refractivity contribution is 0.177. The van der Waals surface area contributed by atoms with Gasteiger partial charge in [-0.15, -0.1) is 0 Å². The third-order valence-electron chi connectivity index (χ3n) is 2.87. The maximum absolute atomic E-state index is 13.0. The number of halogens is 1. The number of benzene rings is 1. The van der Waals surface area contributed by atoms with Gasteiger partial charge in [0.25, 0.3) is 0 Å². The standard InChI is InChI=1S/C14H15FN2O/c1-9-6-11(15)2-3-12(9)13(18)7-10-4-5-17-14(16)8-10/h2-6,8,13,18H,7H2,1H3,(H2,16,17). The molecule has 1 aromatic carbocycles. The van der Waals surface area contributed by atoms with E-state index in [-0.39, 0.29) is 5.82 Å². The molecule has 0 aliphatic heterocycles. The highest BCUT2D eigenvalue weighted by molar-refractivity contribution is 5.34. The zero-order valence-corrected chi connectivity index (χ0v) is 10.1. The van der Waals surface area contributed by atoms with Crippen molar-refractivity contribution >= 4 is 5.82 Å². The van der Waals surface area contributed by atoms with Crippen molar-refractivity contribution in [1.82, 2.24) is 4.98 Å². The lowest BCUT2D eigenvalue weighted by Crippen LogP contribution is -2.05. The van der Waals surface area contributed by atoms with Gasteiger partial charge in [-0.05, 0) is 47.9 Å². The Bertz CT molecular complexity index is 557. The fourth-order valence-corrected chi connectivity index (χ4v) is 1.97. The molecular weight excluding hydrogens is 231 g/mol. The number of hydrogen-bond donors (Lipinski definition) is 2. The molecule has 94 valence electrons. The quantitative estimate of drug-likeness (QED) is 0.874. The lowest BCUT2D eigenvalue weighted by Gasteiger charge is -2.14. The van der Waals surface area contributed by atoms with Crippen LogP contribution in [0, 0.1) is 12.7 Å². The van der Waals surface area contributed by atoms with Gasteiger partial charge in [0.1, 0.15) is 11.6 Å². The average Bonchev–Trinajstić information content (AvgIpc) is 2.28. The molecule has 0 saturated heterocycles. The van der Waals surface area contributed by atoms with Crippen LogP contribution in [0.15, 0.2) is 36.5 Å². The largest absolute Gasteiger partial charge is 0.388 e. The summed E-state index contributed by atoms with van der Waals surface area (Å²) in [5.74, 6) is 0.132.